The van der Waals surface area contributed by atoms with Crippen molar-refractivity contribution in [3.05, 3.63) is 385 Å². The van der Waals surface area contributed by atoms with Crippen LogP contribution >= 0.6 is 47.0 Å². The number of anilines is 4. The fraction of sp³-hybridized carbons (Fsp3) is 0.143. The zero-order chi connectivity index (χ0) is 86.8. The number of carbonyl (C=O) groups is 4. The molecule has 4 aliphatic carbocycles. The fourth-order valence-electron chi connectivity index (χ4n) is 18.9. The molecule has 4 fully saturated rings. The predicted octanol–water partition coefficient (Wildman–Crippen LogP) is 26.8. The monoisotopic (exact) mass is 1800 g/mol. The van der Waals surface area contributed by atoms with Crippen molar-refractivity contribution in [3.63, 3.8) is 0 Å². The number of rotatable bonds is 24. The van der Waals surface area contributed by atoms with Crippen molar-refractivity contribution >= 4 is 140 Å². The second kappa shape index (κ2) is 34.9. The smallest absolute Gasteiger partial charge is 0.657 e. The van der Waals surface area contributed by atoms with Crippen LogP contribution in [0.3, 0.4) is 0 Å². The molecule has 0 spiro atoms. The summed E-state index contributed by atoms with van der Waals surface area (Å²) in [5.41, 5.74) is 13.9. The average Bonchev–Trinajstić information content (AvgIpc) is 1.63. The second-order valence-electron chi connectivity index (χ2n) is 34.9. The Labute approximate surface area is 777 Å². The molecule has 21 rings (SSSR count). The van der Waals surface area contributed by atoms with Gasteiger partial charge in [0, 0.05) is 107 Å². The third-order valence-electron chi connectivity index (χ3n) is 26.6. The first-order valence-corrected chi connectivity index (χ1v) is 46.8. The largest absolute Gasteiger partial charge is 2.00 e. The van der Waals surface area contributed by atoms with Gasteiger partial charge in [0.15, 0.2) is 0 Å². The molecule has 4 amide bonds. The molecule has 5 heterocycles. The van der Waals surface area contributed by atoms with Crippen LogP contribution in [-0.2, 0) is 57.6 Å². The van der Waals surface area contributed by atoms with E-state index in [0.717, 1.165) is 72.5 Å². The van der Waals surface area contributed by atoms with Crippen molar-refractivity contribution in [1.29, 1.82) is 0 Å². The van der Waals surface area contributed by atoms with Crippen molar-refractivity contribution in [2.45, 2.75) is 114 Å². The van der Waals surface area contributed by atoms with Crippen molar-refractivity contribution < 1.29 is 36.0 Å². The van der Waals surface area contributed by atoms with Gasteiger partial charge in [0.05, 0.1) is 45.5 Å². The molecule has 6 aliphatic rings. The van der Waals surface area contributed by atoms with Gasteiger partial charge < -0.3 is 31.2 Å². The van der Waals surface area contributed by atoms with Crippen molar-refractivity contribution in [1.82, 2.24) is 19.9 Å². The molecule has 129 heavy (non-hydrogen) atoms. The number of nitrogens with one attached hydrogen (secondary N) is 4. The van der Waals surface area contributed by atoms with E-state index in [9.17, 15) is 0 Å². The van der Waals surface area contributed by atoms with E-state index in [1.54, 1.807) is 47.0 Å². The fourth-order valence-corrected chi connectivity index (χ4v) is 23.1. The van der Waals surface area contributed by atoms with Gasteiger partial charge in [-0.2, -0.15) is 0 Å². The van der Waals surface area contributed by atoms with Gasteiger partial charge in [0.2, 0.25) is 23.6 Å². The van der Waals surface area contributed by atoms with Crippen molar-refractivity contribution in [2.24, 2.45) is 23.7 Å². The van der Waals surface area contributed by atoms with Crippen molar-refractivity contribution in [2.75, 3.05) is 21.3 Å². The first-order valence-electron chi connectivity index (χ1n) is 43.5. The third kappa shape index (κ3) is 16.4. The second-order valence-corrected chi connectivity index (χ2v) is 39.3. The van der Waals surface area contributed by atoms with Crippen LogP contribution in [0, 0.1) is 23.7 Å². The van der Waals surface area contributed by atoms with Gasteiger partial charge >= 0.3 is 16.8 Å². The minimum absolute atomic E-state index is 0. The van der Waals surface area contributed by atoms with Crippen LogP contribution in [0.2, 0.25) is 0 Å². The maximum atomic E-state index is 15.7. The Morgan fingerprint density at radius 1 is 0.256 bits per heavy atom. The maximum absolute atomic E-state index is 15.7. The molecule has 12 aromatic carbocycles. The Morgan fingerprint density at radius 3 is 0.682 bits per heavy atom. The first-order chi connectivity index (χ1) is 62.5. The van der Waals surface area contributed by atoms with Crippen LogP contribution in [0.25, 0.3) is 90.9 Å². The Hall–Kier alpha value is -13.0. The SMILES string of the molecule is C[C@@]1(c2ccccc2)C[C@@H]1C(=O)Nc1cccc(NC(=O)[C@H]2C[C@]2(C)c2ccccc2)c1-c1c2nc(c(-c3c(Sc4ccccc4)cccc3Sc3ccccc3)c3ccc([n-]3)c(-c3c(NC(=O)[C@H]4C[C@@]4(C)c4ccccc4)cccc3NC(=O)[C@H]3C[C@]3(C)c3ccccc3)c3nc(c(-c4c(Sc5ccccc5)cccc4Sc4ccccc4)c4ccc1[n-]4)C=C3)C=C2.[Co+2]. The molecule has 8 bridgehead atoms. The summed E-state index contributed by atoms with van der Waals surface area (Å²) in [6.45, 7) is 8.63. The van der Waals surface area contributed by atoms with E-state index >= 15 is 19.2 Å². The first kappa shape index (κ1) is 84.2. The summed E-state index contributed by atoms with van der Waals surface area (Å²) in [6, 6.07) is 115. The number of aromatic nitrogens is 4. The van der Waals surface area contributed by atoms with Gasteiger partial charge in [0.25, 0.3) is 0 Å². The summed E-state index contributed by atoms with van der Waals surface area (Å²) >= 11 is 6.59. The summed E-state index contributed by atoms with van der Waals surface area (Å²) in [5, 5.41) is 14.1. The third-order valence-corrected chi connectivity index (χ3v) is 30.8. The van der Waals surface area contributed by atoms with E-state index in [1.165, 1.54) is 0 Å². The molecule has 1 radical (unpaired) electrons. The zero-order valence-electron chi connectivity index (χ0n) is 71.2. The number of hydrogen-bond donors (Lipinski definition) is 4. The van der Waals surface area contributed by atoms with E-state index in [4.69, 9.17) is 19.9 Å². The number of fused-ring (bicyclic) bond motifs is 8. The average molecular weight is 1800 g/mol. The number of amides is 4. The molecule has 2 aliphatic heterocycles. The molecule has 4 N–H and O–H groups in total. The van der Waals surface area contributed by atoms with E-state index in [-0.39, 0.29) is 64.1 Å². The molecular formula is C112H88CoN8O4S4. The number of hydrogen-bond acceptors (Lipinski definition) is 10. The Kier molecular flexibility index (Phi) is 22.8. The molecule has 12 nitrogen and oxygen atoms in total. The minimum Gasteiger partial charge on any atom is -0.657 e. The maximum Gasteiger partial charge on any atom is 2.00 e. The molecular weight excluding hydrogens is 1710 g/mol. The number of carbonyl (C=O) groups excluding carboxylic acids is 4. The van der Waals surface area contributed by atoms with Crippen LogP contribution in [0.15, 0.2) is 379 Å². The Bertz CT molecular complexity index is 6420. The predicted molar refractivity (Wildman–Crippen MR) is 523 cm³/mol. The number of benzene rings is 12. The van der Waals surface area contributed by atoms with Gasteiger partial charge in [-0.15, -0.1) is 22.1 Å². The molecule has 0 saturated heterocycles. The van der Waals surface area contributed by atoms with Gasteiger partial charge in [-0.25, -0.2) is 9.97 Å². The molecule has 633 valence electrons. The van der Waals surface area contributed by atoms with Crippen LogP contribution in [0.4, 0.5) is 22.7 Å². The summed E-state index contributed by atoms with van der Waals surface area (Å²) in [6.07, 6.45) is 10.7. The molecule has 17 heteroatoms. The van der Waals surface area contributed by atoms with Gasteiger partial charge in [-0.3, -0.25) is 19.2 Å². The normalized spacial score (nSPS) is 20.1. The molecule has 15 aromatic rings. The van der Waals surface area contributed by atoms with Gasteiger partial charge in [0.1, 0.15) is 0 Å². The Balaban J connectivity index is 0.0000104. The van der Waals surface area contributed by atoms with Crippen LogP contribution in [-0.4, -0.2) is 33.6 Å². The molecule has 4 saturated carbocycles. The quantitative estimate of drug-likeness (QED) is 0.0452. The summed E-state index contributed by atoms with van der Waals surface area (Å²) in [4.78, 5) is 94.7. The number of nitrogens with zero attached hydrogens (tertiary/aromatic N) is 4. The van der Waals surface area contributed by atoms with Gasteiger partial charge in [-0.1, -0.05) is 317 Å². The molecule has 3 aromatic heterocycles. The van der Waals surface area contributed by atoms with Crippen LogP contribution < -0.4 is 31.2 Å². The van der Waals surface area contributed by atoms with E-state index in [1.807, 2.05) is 158 Å². The van der Waals surface area contributed by atoms with Crippen LogP contribution in [0.1, 0.15) is 98.4 Å². The molecule has 0 unspecified atom stereocenters. The summed E-state index contributed by atoms with van der Waals surface area (Å²) < 4.78 is 0. The molecule has 8 atom stereocenters. The summed E-state index contributed by atoms with van der Waals surface area (Å²) in [5.74, 6) is -2.18. The standard InChI is InChI=1S/C112H90N8O4S4.Co/c1-109(69-33-13-5-14-34-69)65-77(109)105(121)117-81-49-29-50-82(118-106(122)78-66-110(78,2)70-35-15-6-16-36-70)97(81)99-85-57-61-89(113-85)101(103-93(125-73-41-21-9-22-42-73)53-31-54-94(103)126-74-43-23-10-24-44-74)91-63-59-87(115-91)100(88-60-64-92(116-88)102(90-62-58-86(99)114-90)104-95(127-75-45-25-11-26-46-75)55-32-56-96(104)128-76-47-27-12-28-48-76)98-83(119-107(123)79-67-111(79,3)71-37-17-7-18-38-71)51-30-52-84(98)120-108(124)80-68-112(80,4)72-39-19-8-20-40-72;/h5-64,77-80H,65-68H2,1-4H3,(H6,113,114,115,116,117,118,119,120,121,122,123,124);/q;+2/p-2/t77-,78-,79-,80-,109-,110+,111-,112+;/m1./s1. The van der Waals surface area contributed by atoms with E-state index < -0.39 is 21.7 Å². The van der Waals surface area contributed by atoms with E-state index in [2.05, 4.69) is 255 Å². The zero-order valence-corrected chi connectivity index (χ0v) is 75.5. The van der Waals surface area contributed by atoms with Gasteiger partial charge in [-0.05, 0) is 192 Å². The van der Waals surface area contributed by atoms with E-state index in [0.29, 0.717) is 127 Å². The summed E-state index contributed by atoms with van der Waals surface area (Å²) in [7, 11) is 0. The Morgan fingerprint density at radius 2 is 0.457 bits per heavy atom. The topological polar surface area (TPSA) is 170 Å². The minimum atomic E-state index is -0.439. The van der Waals surface area contributed by atoms with Crippen LogP contribution in [0.5, 0.6) is 0 Å². The van der Waals surface area contributed by atoms with Crippen molar-refractivity contribution in [3.8, 4) is 44.5 Å².